The first-order valence-electron chi connectivity index (χ1n) is 25.1. The second-order valence-corrected chi connectivity index (χ2v) is 20.1. The van der Waals surface area contributed by atoms with Crippen molar-refractivity contribution >= 4 is 27.8 Å². The molecule has 3 aliphatic carbocycles. The van der Waals surface area contributed by atoms with E-state index in [1.165, 1.54) is 132 Å². The Kier molecular flexibility index (Phi) is 9.91. The minimum absolute atomic E-state index is 0.0699. The summed E-state index contributed by atoms with van der Waals surface area (Å²) >= 11 is 0. The molecule has 0 spiro atoms. The molecule has 69 heavy (non-hydrogen) atoms. The topological polar surface area (TPSA) is 3.24 Å². The predicted octanol–water partition coefficient (Wildman–Crippen LogP) is 18.4. The highest BCUT2D eigenvalue weighted by atomic mass is 15.1. The summed E-state index contributed by atoms with van der Waals surface area (Å²) in [6.45, 7) is 4.74. The third-order valence-corrected chi connectivity index (χ3v) is 16.2. The van der Waals surface area contributed by atoms with Crippen LogP contribution in [0.3, 0.4) is 0 Å². The molecule has 13 rings (SSSR count). The van der Waals surface area contributed by atoms with E-state index in [-0.39, 0.29) is 5.41 Å². The molecule has 1 fully saturated rings. The summed E-state index contributed by atoms with van der Waals surface area (Å²) in [6.07, 6.45) is 6.44. The maximum absolute atomic E-state index is 2.57. The van der Waals surface area contributed by atoms with Crippen molar-refractivity contribution in [2.75, 3.05) is 4.90 Å². The molecule has 0 saturated heterocycles. The number of nitrogens with zero attached hydrogens (tertiary/aromatic N) is 1. The molecule has 0 bridgehead atoms. The van der Waals surface area contributed by atoms with Crippen LogP contribution in [0.4, 0.5) is 17.1 Å². The first kappa shape index (κ1) is 41.4. The lowest BCUT2D eigenvalue weighted by atomic mass is 9.68. The summed E-state index contributed by atoms with van der Waals surface area (Å²) in [5, 5.41) is 2.71. The van der Waals surface area contributed by atoms with Gasteiger partial charge in [0, 0.05) is 22.2 Å². The van der Waals surface area contributed by atoms with E-state index in [4.69, 9.17) is 0 Å². The van der Waals surface area contributed by atoms with Crippen LogP contribution < -0.4 is 4.90 Å². The standard InChI is InChI=1S/C68H55N/c1-67(2)59-34-15-12-29-54(59)55-44-41-49(45-62(55)67)46-39-42-52(43-40-46)69(63-37-17-14-30-56(63)57-33-19-24-48-23-18-32-53(65(48)57)47-21-6-3-7-22-47)64-38-20-36-61-66(64)58-31-13-16-35-60(58)68(61,50-25-8-4-9-26-50)51-27-10-5-11-28-51/h4-5,8-20,23-45,47H,3,6-7,21-22H2,1-2H3. The van der Waals surface area contributed by atoms with Crippen LogP contribution in [0.5, 0.6) is 0 Å². The monoisotopic (exact) mass is 885 g/mol. The van der Waals surface area contributed by atoms with Crippen LogP contribution in [-0.2, 0) is 10.8 Å². The van der Waals surface area contributed by atoms with Gasteiger partial charge in [0.1, 0.15) is 0 Å². The van der Waals surface area contributed by atoms with Gasteiger partial charge in [0.25, 0.3) is 0 Å². The number of hydrogen-bond donors (Lipinski definition) is 0. The number of rotatable bonds is 8. The fourth-order valence-electron chi connectivity index (χ4n) is 13.0. The van der Waals surface area contributed by atoms with E-state index in [0.29, 0.717) is 5.92 Å². The molecule has 0 radical (unpaired) electrons. The minimum atomic E-state index is -0.523. The molecular formula is C68H55N. The van der Waals surface area contributed by atoms with Crippen LogP contribution in [-0.4, -0.2) is 0 Å². The molecule has 10 aromatic carbocycles. The van der Waals surface area contributed by atoms with Crippen molar-refractivity contribution in [2.24, 2.45) is 0 Å². The smallest absolute Gasteiger partial charge is 0.0714 e. The summed E-state index contributed by atoms with van der Waals surface area (Å²) in [7, 11) is 0. The highest BCUT2D eigenvalue weighted by Crippen LogP contribution is 2.60. The Morgan fingerprint density at radius 3 is 1.68 bits per heavy atom. The van der Waals surface area contributed by atoms with Gasteiger partial charge in [-0.3, -0.25) is 0 Å². The van der Waals surface area contributed by atoms with E-state index >= 15 is 0 Å². The van der Waals surface area contributed by atoms with Gasteiger partial charge in [-0.2, -0.15) is 0 Å². The van der Waals surface area contributed by atoms with Crippen LogP contribution in [0, 0.1) is 0 Å². The molecule has 1 saturated carbocycles. The van der Waals surface area contributed by atoms with Crippen molar-refractivity contribution in [1.29, 1.82) is 0 Å². The fraction of sp³-hybridized carbons (Fsp3) is 0.147. The summed E-state index contributed by atoms with van der Waals surface area (Å²) in [5.41, 5.74) is 22.5. The molecule has 1 heteroatoms. The van der Waals surface area contributed by atoms with Gasteiger partial charge in [-0.25, -0.2) is 0 Å². The third kappa shape index (κ3) is 6.44. The van der Waals surface area contributed by atoms with Gasteiger partial charge in [-0.05, 0) is 132 Å². The zero-order valence-corrected chi connectivity index (χ0v) is 39.5. The first-order chi connectivity index (χ1) is 34.0. The summed E-state index contributed by atoms with van der Waals surface area (Å²) in [4.78, 5) is 2.57. The van der Waals surface area contributed by atoms with Crippen molar-refractivity contribution in [1.82, 2.24) is 0 Å². The predicted molar refractivity (Wildman–Crippen MR) is 290 cm³/mol. The Labute approximate surface area is 407 Å². The highest BCUT2D eigenvalue weighted by Gasteiger charge is 2.47. The van der Waals surface area contributed by atoms with E-state index in [9.17, 15) is 0 Å². The average Bonchev–Trinajstić information content (AvgIpc) is 3.85. The lowest BCUT2D eigenvalue weighted by Crippen LogP contribution is -2.28. The quantitative estimate of drug-likeness (QED) is 0.147. The summed E-state index contributed by atoms with van der Waals surface area (Å²) in [5.74, 6) is 0.566. The molecule has 3 aliphatic rings. The molecule has 0 heterocycles. The van der Waals surface area contributed by atoms with Gasteiger partial charge >= 0.3 is 0 Å². The zero-order chi connectivity index (χ0) is 46.1. The molecular weight excluding hydrogens is 831 g/mol. The Bertz CT molecular complexity index is 3510. The van der Waals surface area contributed by atoms with Gasteiger partial charge in [0.2, 0.25) is 0 Å². The van der Waals surface area contributed by atoms with Crippen LogP contribution in [0.2, 0.25) is 0 Å². The Hall–Kier alpha value is -7.74. The van der Waals surface area contributed by atoms with Crippen molar-refractivity contribution in [2.45, 2.75) is 62.7 Å². The van der Waals surface area contributed by atoms with Crippen LogP contribution in [0.1, 0.15) is 90.8 Å². The molecule has 0 unspecified atom stereocenters. The third-order valence-electron chi connectivity index (χ3n) is 16.2. The molecule has 0 aromatic heterocycles. The van der Waals surface area contributed by atoms with Gasteiger partial charge in [0.05, 0.1) is 16.8 Å². The molecule has 1 nitrogen and oxygen atoms in total. The van der Waals surface area contributed by atoms with E-state index in [0.717, 1.165) is 11.4 Å². The largest absolute Gasteiger partial charge is 0.309 e. The zero-order valence-electron chi connectivity index (χ0n) is 39.5. The van der Waals surface area contributed by atoms with Gasteiger partial charge < -0.3 is 4.90 Å². The van der Waals surface area contributed by atoms with E-state index in [2.05, 4.69) is 249 Å². The van der Waals surface area contributed by atoms with Crippen molar-refractivity contribution < 1.29 is 0 Å². The number of hydrogen-bond acceptors (Lipinski definition) is 1. The maximum Gasteiger partial charge on any atom is 0.0714 e. The SMILES string of the molecule is CC1(C)c2ccccc2-c2ccc(-c3ccc(N(c4ccccc4-c4cccc5cccc(C6CCCCC6)c45)c4cccc5c4-c4ccccc4C5(c4ccccc4)c4ccccc4)cc3)cc21. The van der Waals surface area contributed by atoms with Gasteiger partial charge in [-0.15, -0.1) is 0 Å². The lowest BCUT2D eigenvalue weighted by molar-refractivity contribution is 0.445. The number of para-hydroxylation sites is 1. The molecule has 10 aromatic rings. The van der Waals surface area contributed by atoms with Gasteiger partial charge in [-0.1, -0.05) is 233 Å². The Balaban J connectivity index is 1.05. The number of fused-ring (bicyclic) bond motifs is 7. The van der Waals surface area contributed by atoms with E-state index in [1.54, 1.807) is 0 Å². The molecule has 0 amide bonds. The normalized spacial score (nSPS) is 15.3. The second-order valence-electron chi connectivity index (χ2n) is 20.1. The van der Waals surface area contributed by atoms with Crippen LogP contribution >= 0.6 is 0 Å². The highest BCUT2D eigenvalue weighted by molar-refractivity contribution is 6.05. The fourth-order valence-corrected chi connectivity index (χ4v) is 13.0. The summed E-state index contributed by atoms with van der Waals surface area (Å²) < 4.78 is 0. The molecule has 0 atom stereocenters. The second kappa shape index (κ2) is 16.5. The lowest BCUT2D eigenvalue weighted by Gasteiger charge is -2.34. The Morgan fingerprint density at radius 2 is 0.942 bits per heavy atom. The minimum Gasteiger partial charge on any atom is -0.309 e. The van der Waals surface area contributed by atoms with Crippen molar-refractivity contribution in [3.8, 4) is 44.5 Å². The molecule has 0 aliphatic heterocycles. The van der Waals surface area contributed by atoms with Crippen molar-refractivity contribution in [3.05, 3.63) is 269 Å². The van der Waals surface area contributed by atoms with E-state index < -0.39 is 5.41 Å². The Morgan fingerprint density at radius 1 is 0.391 bits per heavy atom. The van der Waals surface area contributed by atoms with Crippen molar-refractivity contribution in [3.63, 3.8) is 0 Å². The maximum atomic E-state index is 2.57. The average molecular weight is 886 g/mol. The molecule has 0 N–H and O–H groups in total. The summed E-state index contributed by atoms with van der Waals surface area (Å²) in [6, 6.07) is 87.1. The van der Waals surface area contributed by atoms with Gasteiger partial charge in [0.15, 0.2) is 0 Å². The first-order valence-corrected chi connectivity index (χ1v) is 25.1. The molecule has 332 valence electrons. The van der Waals surface area contributed by atoms with Crippen LogP contribution in [0.25, 0.3) is 55.3 Å². The number of anilines is 3. The van der Waals surface area contributed by atoms with Crippen LogP contribution in [0.15, 0.2) is 231 Å². The number of benzene rings is 10. The van der Waals surface area contributed by atoms with E-state index in [1.807, 2.05) is 0 Å².